The molecule has 0 amide bonds. The minimum absolute atomic E-state index is 0.0225. The second-order valence-electron chi connectivity index (χ2n) is 4.84. The Balaban J connectivity index is 1.94. The van der Waals surface area contributed by atoms with Crippen molar-refractivity contribution in [2.75, 3.05) is 7.11 Å². The maximum absolute atomic E-state index is 10.8. The zero-order valence-electron chi connectivity index (χ0n) is 12.4. The normalized spacial score (nSPS) is 11.2. The van der Waals surface area contributed by atoms with Crippen molar-refractivity contribution in [1.82, 2.24) is 4.98 Å². The highest BCUT2D eigenvalue weighted by Gasteiger charge is 2.10. The number of rotatable bonds is 4. The summed E-state index contributed by atoms with van der Waals surface area (Å²) in [5, 5.41) is 21.3. The molecule has 1 aromatic heterocycles. The molecular formula is C16H11BrN2O4S. The van der Waals surface area contributed by atoms with E-state index in [1.807, 2.05) is 12.2 Å². The van der Waals surface area contributed by atoms with Gasteiger partial charge in [0.15, 0.2) is 11.5 Å². The fraction of sp³-hybridized carbons (Fsp3) is 0.0625. The molecule has 0 spiro atoms. The van der Waals surface area contributed by atoms with Crippen molar-refractivity contribution in [3.05, 3.63) is 55.5 Å². The Morgan fingerprint density at radius 3 is 2.83 bits per heavy atom. The van der Waals surface area contributed by atoms with Crippen molar-refractivity contribution in [3.8, 4) is 11.5 Å². The number of phenols is 1. The summed E-state index contributed by atoms with van der Waals surface area (Å²) in [6, 6.07) is 7.88. The summed E-state index contributed by atoms with van der Waals surface area (Å²) in [6.07, 6.45) is 3.64. The molecule has 0 atom stereocenters. The number of ether oxygens (including phenoxy) is 1. The van der Waals surface area contributed by atoms with E-state index in [4.69, 9.17) is 4.74 Å². The SMILES string of the molecule is COc1cc(C=Cc2nc3cc([N+](=O)[O-])ccc3s2)c(Br)cc1O. The third-order valence-corrected chi connectivity index (χ3v) is 4.99. The van der Waals surface area contributed by atoms with Crippen molar-refractivity contribution < 1.29 is 14.8 Å². The van der Waals surface area contributed by atoms with Crippen LogP contribution in [-0.4, -0.2) is 22.1 Å². The number of aromatic nitrogens is 1. The molecule has 0 aliphatic carbocycles. The van der Waals surface area contributed by atoms with Gasteiger partial charge in [-0.25, -0.2) is 4.98 Å². The molecular weight excluding hydrogens is 396 g/mol. The Morgan fingerprint density at radius 2 is 2.12 bits per heavy atom. The van der Waals surface area contributed by atoms with Crippen LogP contribution in [0.5, 0.6) is 11.5 Å². The number of aromatic hydroxyl groups is 1. The quantitative estimate of drug-likeness (QED) is 0.494. The average Bonchev–Trinajstić information content (AvgIpc) is 2.96. The molecule has 1 heterocycles. The summed E-state index contributed by atoms with van der Waals surface area (Å²) in [7, 11) is 1.48. The molecule has 0 aliphatic rings. The summed E-state index contributed by atoms with van der Waals surface area (Å²) < 4.78 is 6.69. The molecule has 8 heteroatoms. The van der Waals surface area contributed by atoms with Crippen molar-refractivity contribution >= 4 is 55.3 Å². The van der Waals surface area contributed by atoms with Crippen LogP contribution in [0.15, 0.2) is 34.8 Å². The molecule has 0 fully saturated rings. The first-order valence-corrected chi connectivity index (χ1v) is 8.38. The van der Waals surface area contributed by atoms with Gasteiger partial charge in [-0.2, -0.15) is 0 Å². The van der Waals surface area contributed by atoms with Crippen LogP contribution in [0, 0.1) is 10.1 Å². The average molecular weight is 407 g/mol. The van der Waals surface area contributed by atoms with E-state index < -0.39 is 4.92 Å². The van der Waals surface area contributed by atoms with E-state index >= 15 is 0 Å². The van der Waals surface area contributed by atoms with Crippen LogP contribution in [0.25, 0.3) is 22.4 Å². The number of hydrogen-bond donors (Lipinski definition) is 1. The Labute approximate surface area is 149 Å². The predicted molar refractivity (Wildman–Crippen MR) is 97.6 cm³/mol. The number of phenolic OH excluding ortho intramolecular Hbond substituents is 1. The number of nitrogens with zero attached hydrogens (tertiary/aromatic N) is 2. The largest absolute Gasteiger partial charge is 0.504 e. The van der Waals surface area contributed by atoms with Crippen LogP contribution < -0.4 is 4.74 Å². The lowest BCUT2D eigenvalue weighted by Gasteiger charge is -2.06. The minimum Gasteiger partial charge on any atom is -0.504 e. The molecule has 2 aromatic carbocycles. The van der Waals surface area contributed by atoms with Crippen LogP contribution in [0.1, 0.15) is 10.6 Å². The number of benzene rings is 2. The molecule has 6 nitrogen and oxygen atoms in total. The molecule has 24 heavy (non-hydrogen) atoms. The van der Waals surface area contributed by atoms with Gasteiger partial charge in [0.05, 0.1) is 22.2 Å². The number of thiazole rings is 1. The van der Waals surface area contributed by atoms with Gasteiger partial charge in [0, 0.05) is 16.6 Å². The fourth-order valence-electron chi connectivity index (χ4n) is 2.13. The van der Waals surface area contributed by atoms with Crippen LogP contribution in [0.2, 0.25) is 0 Å². The highest BCUT2D eigenvalue weighted by atomic mass is 79.9. The van der Waals surface area contributed by atoms with Gasteiger partial charge < -0.3 is 9.84 Å². The summed E-state index contributed by atoms with van der Waals surface area (Å²) in [6.45, 7) is 0. The first kappa shape index (κ1) is 16.4. The van der Waals surface area contributed by atoms with Crippen LogP contribution >= 0.6 is 27.3 Å². The number of hydrogen-bond acceptors (Lipinski definition) is 6. The Bertz CT molecular complexity index is 968. The van der Waals surface area contributed by atoms with Gasteiger partial charge in [-0.1, -0.05) is 22.0 Å². The van der Waals surface area contributed by atoms with Gasteiger partial charge in [0.25, 0.3) is 5.69 Å². The standard InChI is InChI=1S/C16H11BrN2O4S/c1-23-14-6-9(11(17)8-13(14)20)2-5-16-18-12-7-10(19(21)22)3-4-15(12)24-16/h2-8,20H,1H3. The van der Waals surface area contributed by atoms with Crippen molar-refractivity contribution in [3.63, 3.8) is 0 Å². The third kappa shape index (κ3) is 3.24. The van der Waals surface area contributed by atoms with Crippen molar-refractivity contribution in [2.45, 2.75) is 0 Å². The van der Waals surface area contributed by atoms with Gasteiger partial charge in [0.1, 0.15) is 5.01 Å². The van der Waals surface area contributed by atoms with Crippen LogP contribution in [0.3, 0.4) is 0 Å². The maximum Gasteiger partial charge on any atom is 0.271 e. The number of fused-ring (bicyclic) bond motifs is 1. The first-order valence-electron chi connectivity index (χ1n) is 6.77. The van der Waals surface area contributed by atoms with Crippen LogP contribution in [-0.2, 0) is 0 Å². The molecule has 0 saturated heterocycles. The first-order chi connectivity index (χ1) is 11.5. The maximum atomic E-state index is 10.8. The number of nitro benzene ring substituents is 1. The molecule has 0 radical (unpaired) electrons. The van der Waals surface area contributed by atoms with Crippen molar-refractivity contribution in [2.24, 2.45) is 0 Å². The second kappa shape index (κ2) is 6.58. The Morgan fingerprint density at radius 1 is 1.33 bits per heavy atom. The van der Waals surface area contributed by atoms with Gasteiger partial charge in [-0.15, -0.1) is 11.3 Å². The molecule has 3 rings (SSSR count). The molecule has 0 saturated carbocycles. The lowest BCUT2D eigenvalue weighted by atomic mass is 10.2. The monoisotopic (exact) mass is 406 g/mol. The van der Waals surface area contributed by atoms with E-state index in [0.717, 1.165) is 15.3 Å². The van der Waals surface area contributed by atoms with E-state index in [1.165, 1.54) is 30.6 Å². The fourth-order valence-corrected chi connectivity index (χ4v) is 3.44. The van der Waals surface area contributed by atoms with Crippen molar-refractivity contribution in [1.29, 1.82) is 0 Å². The van der Waals surface area contributed by atoms with Gasteiger partial charge in [0.2, 0.25) is 0 Å². The lowest BCUT2D eigenvalue weighted by Crippen LogP contribution is -1.86. The molecule has 0 unspecified atom stereocenters. The number of non-ortho nitro benzene ring substituents is 1. The molecule has 0 aliphatic heterocycles. The predicted octanol–water partition coefficient (Wildman–Crippen LogP) is 4.85. The summed E-state index contributed by atoms with van der Waals surface area (Å²) in [4.78, 5) is 14.8. The number of halogens is 1. The van der Waals surface area contributed by atoms with E-state index in [0.29, 0.717) is 15.7 Å². The van der Waals surface area contributed by atoms with E-state index in [-0.39, 0.29) is 11.4 Å². The number of nitro groups is 1. The molecule has 0 bridgehead atoms. The molecule has 3 aromatic rings. The smallest absolute Gasteiger partial charge is 0.271 e. The van der Waals surface area contributed by atoms with E-state index in [9.17, 15) is 15.2 Å². The molecule has 122 valence electrons. The molecule has 1 N–H and O–H groups in total. The zero-order valence-corrected chi connectivity index (χ0v) is 14.8. The highest BCUT2D eigenvalue weighted by Crippen LogP contribution is 2.34. The zero-order chi connectivity index (χ0) is 17.3. The van der Waals surface area contributed by atoms with Gasteiger partial charge in [-0.3, -0.25) is 10.1 Å². The Hall–Kier alpha value is -2.45. The Kier molecular flexibility index (Phi) is 4.50. The number of methoxy groups -OCH3 is 1. The second-order valence-corrected chi connectivity index (χ2v) is 6.76. The van der Waals surface area contributed by atoms with Gasteiger partial charge >= 0.3 is 0 Å². The topological polar surface area (TPSA) is 85.5 Å². The highest BCUT2D eigenvalue weighted by molar-refractivity contribution is 9.10. The summed E-state index contributed by atoms with van der Waals surface area (Å²) in [5.41, 5.74) is 1.43. The minimum atomic E-state index is -0.436. The third-order valence-electron chi connectivity index (χ3n) is 3.30. The van der Waals surface area contributed by atoms with Gasteiger partial charge in [-0.05, 0) is 29.8 Å². The van der Waals surface area contributed by atoms with E-state index in [1.54, 1.807) is 18.2 Å². The van der Waals surface area contributed by atoms with Crippen LogP contribution in [0.4, 0.5) is 5.69 Å². The lowest BCUT2D eigenvalue weighted by molar-refractivity contribution is -0.384. The van der Waals surface area contributed by atoms with E-state index in [2.05, 4.69) is 20.9 Å². The summed E-state index contributed by atoms with van der Waals surface area (Å²) in [5.74, 6) is 0.423. The summed E-state index contributed by atoms with van der Waals surface area (Å²) >= 11 is 4.82.